The Balaban J connectivity index is 1.85. The highest BCUT2D eigenvalue weighted by atomic mass is 16.5. The quantitative estimate of drug-likeness (QED) is 0.929. The smallest absolute Gasteiger partial charge is 0.232 e. The van der Waals surface area contributed by atoms with Gasteiger partial charge in [-0.2, -0.15) is 4.98 Å². The molecule has 1 N–H and O–H groups in total. The van der Waals surface area contributed by atoms with Gasteiger partial charge in [0.15, 0.2) is 5.82 Å². The lowest BCUT2D eigenvalue weighted by Crippen LogP contribution is -2.21. The van der Waals surface area contributed by atoms with E-state index in [1.807, 2.05) is 6.07 Å². The van der Waals surface area contributed by atoms with Crippen LogP contribution in [0.5, 0.6) is 0 Å². The van der Waals surface area contributed by atoms with Crippen LogP contribution in [0.2, 0.25) is 0 Å². The Labute approximate surface area is 118 Å². The molecule has 0 aliphatic heterocycles. The summed E-state index contributed by atoms with van der Waals surface area (Å²) in [6.45, 7) is 5.88. The third kappa shape index (κ3) is 2.14. The fraction of sp³-hybridized carbons (Fsp3) is 0.500. The average Bonchev–Trinajstić information content (AvgIpc) is 2.78. The summed E-state index contributed by atoms with van der Waals surface area (Å²) >= 11 is 0. The van der Waals surface area contributed by atoms with Gasteiger partial charge in [-0.05, 0) is 30.4 Å². The van der Waals surface area contributed by atoms with E-state index in [4.69, 9.17) is 4.52 Å². The molecule has 0 fully saturated rings. The number of aliphatic hydroxyl groups excluding tert-OH is 1. The molecule has 1 aliphatic carbocycles. The second-order valence-electron chi connectivity index (χ2n) is 5.96. The summed E-state index contributed by atoms with van der Waals surface area (Å²) in [7, 11) is 0. The van der Waals surface area contributed by atoms with Gasteiger partial charge in [-0.1, -0.05) is 43.3 Å². The van der Waals surface area contributed by atoms with Gasteiger partial charge in [0.25, 0.3) is 0 Å². The van der Waals surface area contributed by atoms with Gasteiger partial charge in [0.05, 0.1) is 17.9 Å². The molecular weight excluding hydrogens is 252 g/mol. The molecule has 2 aromatic rings. The summed E-state index contributed by atoms with van der Waals surface area (Å²) < 4.78 is 5.40. The monoisotopic (exact) mass is 272 g/mol. The second kappa shape index (κ2) is 5.02. The SMILES string of the molecule is CC(C)C(c1nc(C2Cc3ccccc32)no1)C(C)O. The van der Waals surface area contributed by atoms with Crippen LogP contribution in [0.15, 0.2) is 28.8 Å². The molecule has 3 atom stereocenters. The van der Waals surface area contributed by atoms with Crippen LogP contribution >= 0.6 is 0 Å². The van der Waals surface area contributed by atoms with Crippen LogP contribution in [0, 0.1) is 5.92 Å². The van der Waals surface area contributed by atoms with Crippen molar-refractivity contribution in [2.75, 3.05) is 0 Å². The zero-order valence-electron chi connectivity index (χ0n) is 12.1. The molecule has 4 nitrogen and oxygen atoms in total. The molecule has 1 heterocycles. The third-order valence-electron chi connectivity index (χ3n) is 4.15. The number of nitrogens with zero attached hydrogens (tertiary/aromatic N) is 2. The normalized spacial score (nSPS) is 20.4. The minimum Gasteiger partial charge on any atom is -0.393 e. The molecule has 4 heteroatoms. The van der Waals surface area contributed by atoms with E-state index in [1.54, 1.807) is 6.92 Å². The fourth-order valence-electron chi connectivity index (χ4n) is 3.06. The maximum absolute atomic E-state index is 9.89. The maximum atomic E-state index is 9.89. The second-order valence-corrected chi connectivity index (χ2v) is 5.96. The van der Waals surface area contributed by atoms with Gasteiger partial charge >= 0.3 is 0 Å². The van der Waals surface area contributed by atoms with Crippen molar-refractivity contribution in [2.24, 2.45) is 5.92 Å². The van der Waals surface area contributed by atoms with Crippen LogP contribution < -0.4 is 0 Å². The number of benzene rings is 1. The molecule has 1 aromatic heterocycles. The number of fused-ring (bicyclic) bond motifs is 1. The predicted octanol–water partition coefficient (Wildman–Crippen LogP) is 2.88. The maximum Gasteiger partial charge on any atom is 0.232 e. The number of aromatic nitrogens is 2. The summed E-state index contributed by atoms with van der Waals surface area (Å²) in [6.07, 6.45) is 0.480. The zero-order chi connectivity index (χ0) is 14.3. The van der Waals surface area contributed by atoms with Crippen LogP contribution in [-0.2, 0) is 6.42 Å². The van der Waals surface area contributed by atoms with Crippen molar-refractivity contribution in [3.63, 3.8) is 0 Å². The number of hydrogen-bond donors (Lipinski definition) is 1. The molecule has 1 aliphatic rings. The average molecular weight is 272 g/mol. The largest absolute Gasteiger partial charge is 0.393 e. The molecular formula is C16H20N2O2. The highest BCUT2D eigenvalue weighted by molar-refractivity contribution is 5.43. The summed E-state index contributed by atoms with van der Waals surface area (Å²) in [5.41, 5.74) is 2.65. The first kappa shape index (κ1) is 13.3. The molecule has 0 bridgehead atoms. The van der Waals surface area contributed by atoms with Crippen LogP contribution in [0.4, 0.5) is 0 Å². The van der Waals surface area contributed by atoms with E-state index in [0.29, 0.717) is 5.89 Å². The van der Waals surface area contributed by atoms with Gasteiger partial charge in [0.1, 0.15) is 0 Å². The van der Waals surface area contributed by atoms with Gasteiger partial charge in [-0.25, -0.2) is 0 Å². The van der Waals surface area contributed by atoms with Crippen molar-refractivity contribution in [3.8, 4) is 0 Å². The minimum absolute atomic E-state index is 0.105. The first-order valence-electron chi connectivity index (χ1n) is 7.17. The molecule has 106 valence electrons. The van der Waals surface area contributed by atoms with Gasteiger partial charge in [-0.3, -0.25) is 0 Å². The van der Waals surface area contributed by atoms with E-state index >= 15 is 0 Å². The topological polar surface area (TPSA) is 59.2 Å². The third-order valence-corrected chi connectivity index (χ3v) is 4.15. The van der Waals surface area contributed by atoms with E-state index in [0.717, 1.165) is 12.2 Å². The Morgan fingerprint density at radius 3 is 2.65 bits per heavy atom. The van der Waals surface area contributed by atoms with Crippen molar-refractivity contribution in [1.82, 2.24) is 10.1 Å². The number of aliphatic hydroxyl groups is 1. The highest BCUT2D eigenvalue weighted by Gasteiger charge is 2.33. The van der Waals surface area contributed by atoms with E-state index in [9.17, 15) is 5.11 Å². The lowest BCUT2D eigenvalue weighted by atomic mass is 9.77. The Hall–Kier alpha value is -1.68. The molecule has 0 spiro atoms. The summed E-state index contributed by atoms with van der Waals surface area (Å²) in [5.74, 6) is 1.69. The lowest BCUT2D eigenvalue weighted by molar-refractivity contribution is 0.120. The molecule has 20 heavy (non-hydrogen) atoms. The molecule has 3 rings (SSSR count). The van der Waals surface area contributed by atoms with E-state index in [2.05, 4.69) is 42.2 Å². The van der Waals surface area contributed by atoms with Crippen LogP contribution in [0.3, 0.4) is 0 Å². The van der Waals surface area contributed by atoms with Crippen molar-refractivity contribution < 1.29 is 9.63 Å². The van der Waals surface area contributed by atoms with Gasteiger partial charge < -0.3 is 9.63 Å². The molecule has 3 unspecified atom stereocenters. The molecule has 0 saturated heterocycles. The predicted molar refractivity (Wildman–Crippen MR) is 75.5 cm³/mol. The lowest BCUT2D eigenvalue weighted by Gasteiger charge is -2.27. The number of hydrogen-bond acceptors (Lipinski definition) is 4. The van der Waals surface area contributed by atoms with Crippen molar-refractivity contribution in [3.05, 3.63) is 47.1 Å². The first-order chi connectivity index (χ1) is 9.58. The molecule has 0 saturated carbocycles. The molecule has 1 aromatic carbocycles. The number of rotatable bonds is 4. The van der Waals surface area contributed by atoms with Gasteiger partial charge in [0, 0.05) is 0 Å². The Kier molecular flexibility index (Phi) is 3.34. The van der Waals surface area contributed by atoms with E-state index < -0.39 is 6.10 Å². The van der Waals surface area contributed by atoms with Gasteiger partial charge in [0.2, 0.25) is 5.89 Å². The summed E-state index contributed by atoms with van der Waals surface area (Å²) in [4.78, 5) is 4.54. The van der Waals surface area contributed by atoms with Crippen molar-refractivity contribution in [1.29, 1.82) is 0 Å². The van der Waals surface area contributed by atoms with E-state index in [-0.39, 0.29) is 17.8 Å². The van der Waals surface area contributed by atoms with Gasteiger partial charge in [-0.15, -0.1) is 0 Å². The standard InChI is InChI=1S/C16H20N2O2/c1-9(2)14(10(3)19)16-17-15(18-20-16)13-8-11-6-4-5-7-12(11)13/h4-7,9-10,13-14,19H,8H2,1-3H3. The van der Waals surface area contributed by atoms with Crippen molar-refractivity contribution in [2.45, 2.75) is 45.1 Å². The van der Waals surface area contributed by atoms with Crippen molar-refractivity contribution >= 4 is 0 Å². The van der Waals surface area contributed by atoms with Crippen LogP contribution in [0.25, 0.3) is 0 Å². The van der Waals surface area contributed by atoms with Crippen LogP contribution in [-0.4, -0.2) is 21.4 Å². The molecule has 0 amide bonds. The minimum atomic E-state index is -0.489. The molecule has 0 radical (unpaired) electrons. The van der Waals surface area contributed by atoms with E-state index in [1.165, 1.54) is 11.1 Å². The zero-order valence-corrected chi connectivity index (χ0v) is 12.1. The Morgan fingerprint density at radius 1 is 1.25 bits per heavy atom. The Bertz CT molecular complexity index is 596. The Morgan fingerprint density at radius 2 is 2.00 bits per heavy atom. The fourth-order valence-corrected chi connectivity index (χ4v) is 3.06. The van der Waals surface area contributed by atoms with Crippen LogP contribution in [0.1, 0.15) is 55.4 Å². The summed E-state index contributed by atoms with van der Waals surface area (Å²) in [5, 5.41) is 14.0. The summed E-state index contributed by atoms with van der Waals surface area (Å²) in [6, 6.07) is 8.35. The first-order valence-corrected chi connectivity index (χ1v) is 7.17. The highest BCUT2D eigenvalue weighted by Crippen LogP contribution is 2.39.